The van der Waals surface area contributed by atoms with E-state index in [1.807, 2.05) is 0 Å². The van der Waals surface area contributed by atoms with Gasteiger partial charge in [0.15, 0.2) is 16.8 Å². The van der Waals surface area contributed by atoms with Crippen molar-refractivity contribution in [3.8, 4) is 11.5 Å². The Morgan fingerprint density at radius 2 is 1.77 bits per heavy atom. The molecule has 0 fully saturated rings. The van der Waals surface area contributed by atoms with Crippen LogP contribution in [0.3, 0.4) is 0 Å². The zero-order chi connectivity index (χ0) is 22.5. The summed E-state index contributed by atoms with van der Waals surface area (Å²) in [5, 5.41) is -0.174. The van der Waals surface area contributed by atoms with Crippen LogP contribution in [0, 0.1) is 17.5 Å². The van der Waals surface area contributed by atoms with Gasteiger partial charge in [-0.1, -0.05) is 0 Å². The van der Waals surface area contributed by atoms with Gasteiger partial charge in [0.25, 0.3) is 10.0 Å². The zero-order valence-electron chi connectivity index (χ0n) is 16.2. The lowest BCUT2D eigenvalue weighted by atomic mass is 10.2. The van der Waals surface area contributed by atoms with E-state index in [-0.39, 0.29) is 29.6 Å². The fourth-order valence-electron chi connectivity index (χ4n) is 2.47. The Balaban J connectivity index is 2.65. The summed E-state index contributed by atoms with van der Waals surface area (Å²) in [6, 6.07) is 5.08. The number of ether oxygens (including phenoxy) is 2. The van der Waals surface area contributed by atoms with E-state index in [2.05, 4.69) is 16.1 Å². The normalized spacial score (nSPS) is 11.9. The number of benzene rings is 2. The van der Waals surface area contributed by atoms with E-state index in [4.69, 9.17) is 9.47 Å². The molecule has 0 heterocycles. The molecule has 2 aromatic rings. The third kappa shape index (κ3) is 4.87. The summed E-state index contributed by atoms with van der Waals surface area (Å²) >= 11 is 0.614. The number of rotatable bonds is 7. The summed E-state index contributed by atoms with van der Waals surface area (Å²) < 4.78 is 82.3. The van der Waals surface area contributed by atoms with Crippen LogP contribution in [0.15, 0.2) is 44.6 Å². The third-order valence-electron chi connectivity index (χ3n) is 3.90. The van der Waals surface area contributed by atoms with Gasteiger partial charge in [-0.3, -0.25) is 4.99 Å². The molecule has 0 saturated heterocycles. The largest absolute Gasteiger partial charge is 0.497 e. The summed E-state index contributed by atoms with van der Waals surface area (Å²) in [5.41, 5.74) is 0.371. The van der Waals surface area contributed by atoms with Gasteiger partial charge in [0.1, 0.15) is 22.2 Å². The Bertz CT molecular complexity index is 1080. The van der Waals surface area contributed by atoms with Gasteiger partial charge in [0.05, 0.1) is 20.8 Å². The maximum absolute atomic E-state index is 14.3. The molecule has 0 aliphatic rings. The smallest absolute Gasteiger partial charge is 0.269 e. The predicted octanol–water partition coefficient (Wildman–Crippen LogP) is 3.65. The molecule has 12 heteroatoms. The van der Waals surface area contributed by atoms with Crippen molar-refractivity contribution >= 4 is 33.9 Å². The predicted molar refractivity (Wildman–Crippen MR) is 109 cm³/mol. The van der Waals surface area contributed by atoms with Gasteiger partial charge in [-0.15, -0.1) is 0 Å². The van der Waals surface area contributed by atoms with Gasteiger partial charge in [-0.05, 0) is 18.9 Å². The van der Waals surface area contributed by atoms with Gasteiger partial charge in [0, 0.05) is 42.8 Å². The fourth-order valence-corrected chi connectivity index (χ4v) is 4.61. The molecule has 0 radical (unpaired) electrons. The first-order valence-corrected chi connectivity index (χ1v) is 10.4. The first-order chi connectivity index (χ1) is 14.2. The molecular formula is C18H18F3N3O4S2. The van der Waals surface area contributed by atoms with E-state index in [1.165, 1.54) is 27.3 Å². The van der Waals surface area contributed by atoms with E-state index in [9.17, 15) is 21.6 Å². The van der Waals surface area contributed by atoms with Crippen LogP contribution in [0.1, 0.15) is 5.56 Å². The van der Waals surface area contributed by atoms with Crippen molar-refractivity contribution in [2.45, 2.75) is 11.4 Å². The fraction of sp³-hybridized carbons (Fsp3) is 0.222. The Kier molecular flexibility index (Phi) is 7.73. The number of hydrogen-bond acceptors (Lipinski definition) is 7. The zero-order valence-corrected chi connectivity index (χ0v) is 17.9. The van der Waals surface area contributed by atoms with Crippen molar-refractivity contribution in [2.24, 2.45) is 9.39 Å². The number of halogens is 3. The standard InChI is InChI=1S/C18H18F3N3O4S2/c1-22-18(29-23-2)24(10-11-5-6-12(27-3)7-16(11)28-4)30(25,26)17-9-14(20)13(19)8-15(17)21/h5-9H,2,10H2,1,3-4H3/b22-18-. The van der Waals surface area contributed by atoms with E-state index in [0.29, 0.717) is 27.6 Å². The summed E-state index contributed by atoms with van der Waals surface area (Å²) in [7, 11) is -0.598. The molecule has 7 nitrogen and oxygen atoms in total. The molecule has 0 unspecified atom stereocenters. The van der Waals surface area contributed by atoms with Crippen molar-refractivity contribution in [1.29, 1.82) is 0 Å². The average molecular weight is 461 g/mol. The molecule has 2 aromatic carbocycles. The number of hydrogen-bond donors (Lipinski definition) is 0. The number of methoxy groups -OCH3 is 2. The molecule has 0 aromatic heterocycles. The van der Waals surface area contributed by atoms with Crippen LogP contribution in [-0.4, -0.2) is 45.9 Å². The van der Waals surface area contributed by atoms with E-state index >= 15 is 0 Å². The Morgan fingerprint density at radius 1 is 1.10 bits per heavy atom. The van der Waals surface area contributed by atoms with Crippen LogP contribution in [0.2, 0.25) is 0 Å². The van der Waals surface area contributed by atoms with Crippen molar-refractivity contribution in [3.05, 3.63) is 53.3 Å². The van der Waals surface area contributed by atoms with Crippen LogP contribution in [0.5, 0.6) is 11.5 Å². The Morgan fingerprint density at radius 3 is 2.33 bits per heavy atom. The van der Waals surface area contributed by atoms with Gasteiger partial charge in [-0.2, -0.15) is 0 Å². The first kappa shape index (κ1) is 23.5. The van der Waals surface area contributed by atoms with E-state index in [0.717, 1.165) is 0 Å². The van der Waals surface area contributed by atoms with Crippen LogP contribution >= 0.6 is 11.9 Å². The van der Waals surface area contributed by atoms with Crippen molar-refractivity contribution in [1.82, 2.24) is 4.31 Å². The lowest BCUT2D eigenvalue weighted by Gasteiger charge is -2.25. The van der Waals surface area contributed by atoms with Crippen LogP contribution in [0.25, 0.3) is 0 Å². The maximum atomic E-state index is 14.3. The number of amidine groups is 1. The van der Waals surface area contributed by atoms with Crippen molar-refractivity contribution < 1.29 is 31.1 Å². The Hall–Kier alpha value is -2.73. The molecule has 2 rings (SSSR count). The van der Waals surface area contributed by atoms with E-state index in [1.54, 1.807) is 12.1 Å². The minimum Gasteiger partial charge on any atom is -0.497 e. The Labute approximate surface area is 176 Å². The summed E-state index contributed by atoms with van der Waals surface area (Å²) in [6.45, 7) is 2.91. The number of sulfonamides is 1. The molecule has 0 bridgehead atoms. The molecular weight excluding hydrogens is 443 g/mol. The lowest BCUT2D eigenvalue weighted by molar-refractivity contribution is 0.388. The SMILES string of the molecule is C=NS/C(=N\C)N(Cc1ccc(OC)cc1OC)S(=O)(=O)c1cc(F)c(F)cc1F. The van der Waals surface area contributed by atoms with Gasteiger partial charge in [0.2, 0.25) is 0 Å². The van der Waals surface area contributed by atoms with Gasteiger partial charge in [-0.25, -0.2) is 30.3 Å². The monoisotopic (exact) mass is 461 g/mol. The number of nitrogens with zero attached hydrogens (tertiary/aromatic N) is 3. The molecule has 0 atom stereocenters. The molecule has 0 aliphatic carbocycles. The first-order valence-electron chi connectivity index (χ1n) is 8.17. The lowest BCUT2D eigenvalue weighted by Crippen LogP contribution is -2.35. The second kappa shape index (κ2) is 9.85. The summed E-state index contributed by atoms with van der Waals surface area (Å²) in [5.74, 6) is -3.73. The highest BCUT2D eigenvalue weighted by Gasteiger charge is 2.33. The molecule has 30 heavy (non-hydrogen) atoms. The molecule has 0 aliphatic heterocycles. The van der Waals surface area contributed by atoms with Crippen LogP contribution in [0.4, 0.5) is 13.2 Å². The average Bonchev–Trinajstić information content (AvgIpc) is 2.72. The third-order valence-corrected chi connectivity index (χ3v) is 6.46. The molecule has 162 valence electrons. The highest BCUT2D eigenvalue weighted by Crippen LogP contribution is 2.31. The highest BCUT2D eigenvalue weighted by atomic mass is 32.2. The summed E-state index contributed by atoms with van der Waals surface area (Å²) in [4.78, 5) is 2.81. The van der Waals surface area contributed by atoms with Crippen LogP contribution in [-0.2, 0) is 16.6 Å². The minimum absolute atomic E-state index is 0.163. The molecule has 0 amide bonds. The van der Waals surface area contributed by atoms with Gasteiger partial charge >= 0.3 is 0 Å². The molecule has 0 N–H and O–H groups in total. The van der Waals surface area contributed by atoms with Crippen molar-refractivity contribution in [2.75, 3.05) is 21.3 Å². The quantitative estimate of drug-likeness (QED) is 0.272. The minimum atomic E-state index is -4.72. The molecule has 0 saturated carbocycles. The second-order valence-corrected chi connectivity index (χ2v) is 8.25. The molecule has 0 spiro atoms. The second-order valence-electron chi connectivity index (χ2n) is 5.61. The van der Waals surface area contributed by atoms with Crippen LogP contribution < -0.4 is 9.47 Å². The van der Waals surface area contributed by atoms with E-state index < -0.39 is 32.4 Å². The van der Waals surface area contributed by atoms with Gasteiger partial charge < -0.3 is 9.47 Å². The maximum Gasteiger partial charge on any atom is 0.269 e. The number of aliphatic imine (C=N–C) groups is 1. The topological polar surface area (TPSA) is 80.6 Å². The highest BCUT2D eigenvalue weighted by molar-refractivity contribution is 8.13. The van der Waals surface area contributed by atoms with Crippen molar-refractivity contribution in [3.63, 3.8) is 0 Å². The summed E-state index contributed by atoms with van der Waals surface area (Å²) in [6.07, 6.45) is 0.